The van der Waals surface area contributed by atoms with E-state index in [1.807, 2.05) is 84.9 Å². The van der Waals surface area contributed by atoms with E-state index in [1.54, 1.807) is 6.20 Å². The second-order valence-electron chi connectivity index (χ2n) is 7.80. The zero-order chi connectivity index (χ0) is 23.2. The van der Waals surface area contributed by atoms with E-state index in [-0.39, 0.29) is 6.92 Å². The molecule has 0 saturated heterocycles. The molecule has 0 spiro atoms. The first-order chi connectivity index (χ1) is 16.8. The number of rotatable bonds is 4. The number of hydrogen-bond acceptors (Lipinski definition) is 2. The van der Waals surface area contributed by atoms with Gasteiger partial charge in [-0.2, -0.15) is 0 Å². The molecular weight excluding hydrogens is 413 g/mol. The highest BCUT2D eigenvalue weighted by atomic mass is 16.4. The fraction of sp³-hybridized carbons (Fsp3) is 0. The van der Waals surface area contributed by atoms with Crippen LogP contribution in [0.4, 0.5) is 0 Å². The lowest BCUT2D eigenvalue weighted by Crippen LogP contribution is -2.47. The Hall–Kier alpha value is -4.73. The van der Waals surface area contributed by atoms with Gasteiger partial charge in [0, 0.05) is 28.3 Å². The van der Waals surface area contributed by atoms with Crippen LogP contribution in [0.3, 0.4) is 0 Å². The number of pyridine rings is 1. The second kappa shape index (κ2) is 9.82. The molecule has 0 atom stereocenters. The normalized spacial score (nSPS) is 10.1. The van der Waals surface area contributed by atoms with Gasteiger partial charge in [-0.1, -0.05) is 78.4 Å². The van der Waals surface area contributed by atoms with Crippen LogP contribution in [0.25, 0.3) is 10.9 Å². The van der Waals surface area contributed by atoms with E-state index in [4.69, 9.17) is 11.1 Å². The Kier molecular flexibility index (Phi) is 6.11. The number of terminal acetylenes is 1. The van der Waals surface area contributed by atoms with Gasteiger partial charge in [-0.05, 0) is 59.5 Å². The quantitative estimate of drug-likeness (QED) is 0.300. The molecule has 0 saturated carbocycles. The van der Waals surface area contributed by atoms with Crippen LogP contribution in [0.1, 0.15) is 16.7 Å². The van der Waals surface area contributed by atoms with Crippen LogP contribution in [-0.2, 0) is 0 Å². The molecule has 0 N–H and O–H groups in total. The Bertz CT molecular complexity index is 1490. The van der Waals surface area contributed by atoms with Crippen LogP contribution >= 0.6 is 0 Å². The molecule has 3 heteroatoms. The zero-order valence-electron chi connectivity index (χ0n) is 18.5. The van der Waals surface area contributed by atoms with Crippen LogP contribution in [-0.4, -0.2) is 11.9 Å². The van der Waals surface area contributed by atoms with Crippen LogP contribution in [0.15, 0.2) is 115 Å². The zero-order valence-corrected chi connectivity index (χ0v) is 18.5. The third-order valence-corrected chi connectivity index (χ3v) is 5.58. The van der Waals surface area contributed by atoms with Crippen molar-refractivity contribution < 1.29 is 4.65 Å². The summed E-state index contributed by atoms with van der Waals surface area (Å²) < 4.78 is 6.61. The lowest BCUT2D eigenvalue weighted by atomic mass is 9.55. The summed E-state index contributed by atoms with van der Waals surface area (Å²) in [6.07, 6.45) is 7.23. The number of benzene rings is 4. The molecule has 2 nitrogen and oxygen atoms in total. The van der Waals surface area contributed by atoms with Crippen molar-refractivity contribution in [1.29, 1.82) is 0 Å². The lowest BCUT2D eigenvalue weighted by molar-refractivity contribution is 0.597. The molecule has 1 heterocycles. The van der Waals surface area contributed by atoms with Gasteiger partial charge in [-0.25, -0.2) is 0 Å². The Morgan fingerprint density at radius 3 is 1.94 bits per heavy atom. The molecule has 34 heavy (non-hydrogen) atoms. The number of nitrogens with zero attached hydrogens (tertiary/aromatic N) is 1. The minimum Gasteiger partial charge on any atom is -0.550 e. The van der Waals surface area contributed by atoms with E-state index in [9.17, 15) is 0 Å². The molecular formula is C31H20BNO. The van der Waals surface area contributed by atoms with E-state index < -0.39 is 0 Å². The van der Waals surface area contributed by atoms with Gasteiger partial charge in [0.15, 0.2) is 0 Å². The van der Waals surface area contributed by atoms with Gasteiger partial charge in [0.05, 0.1) is 0 Å². The molecule has 0 aliphatic heterocycles. The molecule has 158 valence electrons. The molecule has 0 aliphatic rings. The van der Waals surface area contributed by atoms with Crippen molar-refractivity contribution in [3.8, 4) is 29.9 Å². The van der Waals surface area contributed by atoms with Crippen molar-refractivity contribution >= 4 is 28.7 Å². The van der Waals surface area contributed by atoms with Gasteiger partial charge in [0.2, 0.25) is 0 Å². The summed E-state index contributed by atoms with van der Waals surface area (Å²) in [5.74, 6) is 9.86. The summed E-state index contributed by atoms with van der Waals surface area (Å²) in [7, 11) is 0. The Labute approximate surface area is 200 Å². The highest BCUT2D eigenvalue weighted by Crippen LogP contribution is 2.27. The molecule has 5 rings (SSSR count). The molecule has 0 fully saturated rings. The van der Waals surface area contributed by atoms with Gasteiger partial charge in [0.1, 0.15) is 11.3 Å². The van der Waals surface area contributed by atoms with Crippen molar-refractivity contribution in [2.24, 2.45) is 0 Å². The van der Waals surface area contributed by atoms with E-state index in [0.717, 1.165) is 44.3 Å². The van der Waals surface area contributed by atoms with E-state index in [0.29, 0.717) is 0 Å². The summed E-state index contributed by atoms with van der Waals surface area (Å²) in [6, 6.07) is 36.0. The standard InChI is InChI=1S/C31H20BNO/c1-2-24-15-17-25(18-16-24)19-20-26-21-22-30(31-29(26)14-9-23-33-31)34-32(27-10-5-3-6-11-27)28-12-7-4-8-13-28/h1,3-18,21-23H. The SMILES string of the molecule is C#Cc1ccc(C#Cc2ccc(OB(c3ccccc3)c3ccccc3)c3ncccc23)cc1. The van der Waals surface area contributed by atoms with Crippen LogP contribution in [0.5, 0.6) is 5.75 Å². The first-order valence-electron chi connectivity index (χ1n) is 11.0. The van der Waals surface area contributed by atoms with Crippen molar-refractivity contribution in [2.75, 3.05) is 0 Å². The Morgan fingerprint density at radius 1 is 0.647 bits per heavy atom. The first kappa shape index (κ1) is 21.1. The van der Waals surface area contributed by atoms with Gasteiger partial charge in [0.25, 0.3) is 0 Å². The average Bonchev–Trinajstić information content (AvgIpc) is 2.92. The molecule has 0 aliphatic carbocycles. The highest BCUT2D eigenvalue weighted by Gasteiger charge is 2.24. The molecule has 4 aromatic carbocycles. The molecule has 0 amide bonds. The molecule has 1 aromatic heterocycles. The topological polar surface area (TPSA) is 22.1 Å². The summed E-state index contributed by atoms with van der Waals surface area (Å²) in [4.78, 5) is 4.64. The van der Waals surface area contributed by atoms with E-state index in [2.05, 4.69) is 47.0 Å². The predicted octanol–water partition coefficient (Wildman–Crippen LogP) is 4.80. The number of hydrogen-bond donors (Lipinski definition) is 0. The van der Waals surface area contributed by atoms with Gasteiger partial charge in [-0.15, -0.1) is 6.42 Å². The maximum atomic E-state index is 6.61. The first-order valence-corrected chi connectivity index (χ1v) is 11.0. The van der Waals surface area contributed by atoms with Gasteiger partial charge >= 0.3 is 6.92 Å². The van der Waals surface area contributed by atoms with E-state index >= 15 is 0 Å². The molecule has 5 aromatic rings. The average molecular weight is 433 g/mol. The van der Waals surface area contributed by atoms with E-state index in [1.165, 1.54) is 0 Å². The highest BCUT2D eigenvalue weighted by molar-refractivity contribution is 6.80. The maximum absolute atomic E-state index is 6.61. The second-order valence-corrected chi connectivity index (χ2v) is 7.80. The molecule has 0 unspecified atom stereocenters. The minimum atomic E-state index is -0.251. The monoisotopic (exact) mass is 433 g/mol. The summed E-state index contributed by atoms with van der Waals surface area (Å²) in [5.41, 5.74) is 5.59. The van der Waals surface area contributed by atoms with Crippen LogP contribution < -0.4 is 15.6 Å². The van der Waals surface area contributed by atoms with Crippen molar-refractivity contribution in [3.05, 3.63) is 132 Å². The number of fused-ring (bicyclic) bond motifs is 1. The van der Waals surface area contributed by atoms with Gasteiger partial charge in [-0.3, -0.25) is 4.98 Å². The Balaban J connectivity index is 1.54. The summed E-state index contributed by atoms with van der Waals surface area (Å²) in [5, 5.41) is 0.951. The molecule has 0 bridgehead atoms. The fourth-order valence-electron chi connectivity index (χ4n) is 3.85. The lowest BCUT2D eigenvalue weighted by Gasteiger charge is -2.18. The van der Waals surface area contributed by atoms with Crippen LogP contribution in [0.2, 0.25) is 0 Å². The van der Waals surface area contributed by atoms with Crippen molar-refractivity contribution in [3.63, 3.8) is 0 Å². The summed E-state index contributed by atoms with van der Waals surface area (Å²) in [6.45, 7) is -0.251. The predicted molar refractivity (Wildman–Crippen MR) is 141 cm³/mol. The smallest absolute Gasteiger partial charge is 0.426 e. The van der Waals surface area contributed by atoms with Gasteiger partial charge < -0.3 is 4.65 Å². The largest absolute Gasteiger partial charge is 0.550 e. The molecule has 0 radical (unpaired) electrons. The Morgan fingerprint density at radius 2 is 1.29 bits per heavy atom. The van der Waals surface area contributed by atoms with Crippen LogP contribution in [0, 0.1) is 24.2 Å². The number of aromatic nitrogens is 1. The maximum Gasteiger partial charge on any atom is 0.426 e. The third-order valence-electron chi connectivity index (χ3n) is 5.58. The van der Waals surface area contributed by atoms with Crippen molar-refractivity contribution in [2.45, 2.75) is 0 Å². The third kappa shape index (κ3) is 4.56. The summed E-state index contributed by atoms with van der Waals surface area (Å²) >= 11 is 0. The van der Waals surface area contributed by atoms with Crippen molar-refractivity contribution in [1.82, 2.24) is 4.98 Å². The minimum absolute atomic E-state index is 0.251. The fourth-order valence-corrected chi connectivity index (χ4v) is 3.85.